The lowest BCUT2D eigenvalue weighted by atomic mass is 10.1. The van der Waals surface area contributed by atoms with Crippen molar-refractivity contribution in [2.24, 2.45) is 0 Å². The molecule has 5 aromatic carbocycles. The van der Waals surface area contributed by atoms with Gasteiger partial charge in [0.05, 0.1) is 4.90 Å². The molecule has 3 nitrogen and oxygen atoms in total. The third-order valence-electron chi connectivity index (χ3n) is 5.90. The SMILES string of the molecule is O=S(=O)([O-])c1ccccc1[P+](c1ccccc1)(c1ccccc1)c1ccc2ccccc2c1. The Kier molecular flexibility index (Phi) is 5.59. The fraction of sp³-hybridized carbons (Fsp3) is 0. The highest BCUT2D eigenvalue weighted by atomic mass is 32.2. The van der Waals surface area contributed by atoms with Gasteiger partial charge in [-0.2, -0.15) is 0 Å². The van der Waals surface area contributed by atoms with Crippen molar-refractivity contribution in [3.8, 4) is 0 Å². The molecule has 0 saturated carbocycles. The van der Waals surface area contributed by atoms with Crippen molar-refractivity contribution >= 4 is 49.4 Å². The van der Waals surface area contributed by atoms with Gasteiger partial charge in [0.15, 0.2) is 0 Å². The first-order valence-corrected chi connectivity index (χ1v) is 13.8. The van der Waals surface area contributed by atoms with E-state index in [0.29, 0.717) is 5.30 Å². The van der Waals surface area contributed by atoms with Crippen LogP contribution in [0.4, 0.5) is 0 Å². The average molecular weight is 469 g/mol. The summed E-state index contributed by atoms with van der Waals surface area (Å²) >= 11 is 0. The maximum Gasteiger partial charge on any atom is 0.145 e. The number of rotatable bonds is 5. The molecule has 0 aliphatic heterocycles. The van der Waals surface area contributed by atoms with Crippen LogP contribution < -0.4 is 21.2 Å². The van der Waals surface area contributed by atoms with Crippen molar-refractivity contribution in [1.29, 1.82) is 0 Å². The molecule has 0 spiro atoms. The van der Waals surface area contributed by atoms with E-state index in [1.165, 1.54) is 6.07 Å². The predicted octanol–water partition coefficient (Wildman–Crippen LogP) is 4.36. The monoisotopic (exact) mass is 468 g/mol. The van der Waals surface area contributed by atoms with E-state index in [9.17, 15) is 13.0 Å². The second kappa shape index (κ2) is 8.57. The zero-order chi connectivity index (χ0) is 22.9. The molecule has 5 rings (SSSR count). The molecule has 33 heavy (non-hydrogen) atoms. The van der Waals surface area contributed by atoms with Crippen LogP contribution in [0.5, 0.6) is 0 Å². The minimum absolute atomic E-state index is 0.167. The summed E-state index contributed by atoms with van der Waals surface area (Å²) in [6, 6.07) is 40.9. The molecule has 0 saturated heterocycles. The van der Waals surface area contributed by atoms with Gasteiger partial charge in [0.2, 0.25) is 0 Å². The summed E-state index contributed by atoms with van der Waals surface area (Å²) in [5.74, 6) is 0. The van der Waals surface area contributed by atoms with Crippen LogP contribution in [0.15, 0.2) is 132 Å². The van der Waals surface area contributed by atoms with Crippen molar-refractivity contribution in [2.75, 3.05) is 0 Å². The maximum absolute atomic E-state index is 12.5. The largest absolute Gasteiger partial charge is 0.744 e. The highest BCUT2D eigenvalue weighted by Crippen LogP contribution is 2.55. The van der Waals surface area contributed by atoms with Crippen LogP contribution in [0.2, 0.25) is 0 Å². The van der Waals surface area contributed by atoms with E-state index in [4.69, 9.17) is 0 Å². The van der Waals surface area contributed by atoms with Crippen LogP contribution in [-0.4, -0.2) is 13.0 Å². The smallest absolute Gasteiger partial charge is 0.145 e. The fourth-order valence-electron chi connectivity index (χ4n) is 4.50. The van der Waals surface area contributed by atoms with Gasteiger partial charge in [0.25, 0.3) is 0 Å². The lowest BCUT2D eigenvalue weighted by Gasteiger charge is -2.29. The van der Waals surface area contributed by atoms with Crippen molar-refractivity contribution < 1.29 is 13.0 Å². The summed E-state index contributed by atoms with van der Waals surface area (Å²) in [6.45, 7) is 0. The molecule has 0 N–H and O–H groups in total. The molecule has 0 aliphatic rings. The van der Waals surface area contributed by atoms with Crippen molar-refractivity contribution in [3.05, 3.63) is 127 Å². The Morgan fingerprint density at radius 1 is 0.515 bits per heavy atom. The molecular formula is C28H21O3PS. The van der Waals surface area contributed by atoms with Gasteiger partial charge < -0.3 is 4.55 Å². The number of fused-ring (bicyclic) bond motifs is 1. The zero-order valence-electron chi connectivity index (χ0n) is 17.7. The lowest BCUT2D eigenvalue weighted by Crippen LogP contribution is -2.40. The summed E-state index contributed by atoms with van der Waals surface area (Å²) in [6.07, 6.45) is 0. The summed E-state index contributed by atoms with van der Waals surface area (Å²) < 4.78 is 37.4. The van der Waals surface area contributed by atoms with Crippen LogP contribution in [-0.2, 0) is 10.1 Å². The highest BCUT2D eigenvalue weighted by Gasteiger charge is 2.50. The first-order chi connectivity index (χ1) is 16.0. The quantitative estimate of drug-likeness (QED) is 0.284. The number of hydrogen-bond acceptors (Lipinski definition) is 3. The Morgan fingerprint density at radius 2 is 1.03 bits per heavy atom. The molecule has 5 heteroatoms. The zero-order valence-corrected chi connectivity index (χ0v) is 19.4. The average Bonchev–Trinajstić information content (AvgIpc) is 2.85. The molecule has 0 radical (unpaired) electrons. The molecule has 0 amide bonds. The first kappa shape index (κ1) is 21.5. The highest BCUT2D eigenvalue weighted by molar-refractivity contribution is 8.02. The van der Waals surface area contributed by atoms with E-state index in [1.54, 1.807) is 12.1 Å². The van der Waals surface area contributed by atoms with Gasteiger partial charge in [-0.25, -0.2) is 8.42 Å². The first-order valence-electron chi connectivity index (χ1n) is 10.6. The summed E-state index contributed by atoms with van der Waals surface area (Å²) in [4.78, 5) is -0.167. The third kappa shape index (κ3) is 3.77. The van der Waals surface area contributed by atoms with E-state index in [1.807, 2.05) is 78.9 Å². The van der Waals surface area contributed by atoms with Crippen molar-refractivity contribution in [3.63, 3.8) is 0 Å². The molecule has 0 atom stereocenters. The second-order valence-corrected chi connectivity index (χ2v) is 12.5. The van der Waals surface area contributed by atoms with Crippen molar-refractivity contribution in [2.45, 2.75) is 4.90 Å². The number of hydrogen-bond donors (Lipinski definition) is 0. The Bertz CT molecular complexity index is 1490. The Balaban J connectivity index is 1.99. The normalized spacial score (nSPS) is 12.0. The lowest BCUT2D eigenvalue weighted by molar-refractivity contribution is 0.463. The summed E-state index contributed by atoms with van der Waals surface area (Å²) in [5.41, 5.74) is 0. The molecule has 0 aromatic heterocycles. The van der Waals surface area contributed by atoms with Gasteiger partial charge in [-0.1, -0.05) is 78.9 Å². The molecule has 0 aliphatic carbocycles. The molecule has 5 aromatic rings. The molecule has 0 heterocycles. The minimum Gasteiger partial charge on any atom is -0.744 e. The Labute approximate surface area is 194 Å². The van der Waals surface area contributed by atoms with E-state index in [2.05, 4.69) is 30.3 Å². The van der Waals surface area contributed by atoms with Crippen LogP contribution in [0.3, 0.4) is 0 Å². The van der Waals surface area contributed by atoms with Gasteiger partial charge in [-0.05, 0) is 59.3 Å². The van der Waals surface area contributed by atoms with E-state index < -0.39 is 17.4 Å². The summed E-state index contributed by atoms with van der Waals surface area (Å²) in [7, 11) is -7.43. The maximum atomic E-state index is 12.5. The third-order valence-corrected chi connectivity index (χ3v) is 11.3. The molecule has 162 valence electrons. The van der Waals surface area contributed by atoms with Crippen LogP contribution in [0.25, 0.3) is 10.8 Å². The van der Waals surface area contributed by atoms with Gasteiger partial charge in [0.1, 0.15) is 38.6 Å². The molecule has 0 fully saturated rings. The van der Waals surface area contributed by atoms with Crippen LogP contribution in [0.1, 0.15) is 0 Å². The Hall–Kier alpha value is -3.30. The summed E-state index contributed by atoms with van der Waals surface area (Å²) in [5, 5.41) is 5.69. The van der Waals surface area contributed by atoms with Gasteiger partial charge in [-0.3, -0.25) is 0 Å². The van der Waals surface area contributed by atoms with Gasteiger partial charge >= 0.3 is 0 Å². The van der Waals surface area contributed by atoms with E-state index in [0.717, 1.165) is 26.7 Å². The molecular weight excluding hydrogens is 447 g/mol. The molecule has 0 bridgehead atoms. The Morgan fingerprint density at radius 3 is 1.64 bits per heavy atom. The van der Waals surface area contributed by atoms with Gasteiger partial charge in [0, 0.05) is 0 Å². The second-order valence-electron chi connectivity index (χ2n) is 7.80. The topological polar surface area (TPSA) is 57.2 Å². The molecule has 0 unspecified atom stereocenters. The van der Waals surface area contributed by atoms with Crippen LogP contribution >= 0.6 is 7.26 Å². The fourth-order valence-corrected chi connectivity index (χ4v) is 10.1. The van der Waals surface area contributed by atoms with Gasteiger partial charge in [-0.15, -0.1) is 0 Å². The standard InChI is InChI=1S/C28H21O3PS/c29-33(30,31)28-18-10-9-17-27(28)32(24-13-3-1-4-14-24,25-15-5-2-6-16-25)26-20-19-22-11-7-8-12-23(22)21-26/h1-21H. The van der Waals surface area contributed by atoms with E-state index in [-0.39, 0.29) is 4.90 Å². The number of benzene rings is 5. The minimum atomic E-state index is -4.71. The predicted molar refractivity (Wildman–Crippen MR) is 137 cm³/mol. The van der Waals surface area contributed by atoms with E-state index >= 15 is 0 Å². The van der Waals surface area contributed by atoms with Crippen LogP contribution in [0, 0.1) is 0 Å². The van der Waals surface area contributed by atoms with Crippen molar-refractivity contribution in [1.82, 2.24) is 0 Å².